The number of hydrogen-bond donors (Lipinski definition) is 6. The summed E-state index contributed by atoms with van der Waals surface area (Å²) in [6.07, 6.45) is -17.2. The highest BCUT2D eigenvalue weighted by atomic mass is 16.7. The van der Waals surface area contributed by atoms with Crippen molar-refractivity contribution in [3.63, 3.8) is 0 Å². The summed E-state index contributed by atoms with van der Waals surface area (Å²) in [4.78, 5) is 24.9. The molecule has 0 spiro atoms. The SMILES string of the molecule is COc1ccc(-c2cc(=O)c3c(O[C@@H]4O[C@H](CO)[C@H](O)[C@H](O[C@@H]5O[C@H](COC(C)=O)[C@@H](O)[C@H](O)[C@H]5O)[C@H]4O)c(OC)c(OC)cc3o2)cc1. The minimum absolute atomic E-state index is 0.00732. The molecule has 2 saturated heterocycles. The number of esters is 1. The Hall–Kier alpha value is -4.04. The fourth-order valence-electron chi connectivity index (χ4n) is 5.55. The van der Waals surface area contributed by atoms with E-state index in [1.807, 2.05) is 0 Å². The van der Waals surface area contributed by atoms with Crippen LogP contribution in [0.5, 0.6) is 23.0 Å². The molecule has 1 aromatic heterocycles. The highest BCUT2D eigenvalue weighted by Gasteiger charge is 2.52. The van der Waals surface area contributed by atoms with E-state index in [4.69, 9.17) is 42.3 Å². The van der Waals surface area contributed by atoms with Crippen molar-refractivity contribution in [1.29, 1.82) is 0 Å². The lowest BCUT2D eigenvalue weighted by molar-refractivity contribution is -0.353. The van der Waals surface area contributed by atoms with Crippen LogP contribution in [0.25, 0.3) is 22.3 Å². The first-order chi connectivity index (χ1) is 23.4. The number of benzene rings is 2. The van der Waals surface area contributed by atoms with Crippen molar-refractivity contribution in [3.05, 3.63) is 46.6 Å². The average Bonchev–Trinajstić information content (AvgIpc) is 3.09. The second-order valence-electron chi connectivity index (χ2n) is 11.3. The van der Waals surface area contributed by atoms with Gasteiger partial charge in [0.05, 0.1) is 27.9 Å². The van der Waals surface area contributed by atoms with Crippen molar-refractivity contribution in [2.45, 2.75) is 68.3 Å². The molecule has 6 N–H and O–H groups in total. The molecule has 10 atom stereocenters. The molecule has 3 heterocycles. The van der Waals surface area contributed by atoms with Gasteiger partial charge >= 0.3 is 5.97 Å². The molecular formula is C32H38O17. The van der Waals surface area contributed by atoms with Crippen molar-refractivity contribution in [2.24, 2.45) is 0 Å². The molecule has 0 bridgehead atoms. The summed E-state index contributed by atoms with van der Waals surface area (Å²) < 4.78 is 50.1. The highest BCUT2D eigenvalue weighted by Crippen LogP contribution is 2.44. The third-order valence-electron chi connectivity index (χ3n) is 8.16. The van der Waals surface area contributed by atoms with E-state index in [9.17, 15) is 40.2 Å². The zero-order valence-corrected chi connectivity index (χ0v) is 26.8. The molecular weight excluding hydrogens is 656 g/mol. The summed E-state index contributed by atoms with van der Waals surface area (Å²) in [5.74, 6) is -0.209. The molecule has 0 radical (unpaired) electrons. The fraction of sp³-hybridized carbons (Fsp3) is 0.500. The van der Waals surface area contributed by atoms with Gasteiger partial charge in [-0.1, -0.05) is 0 Å². The fourth-order valence-corrected chi connectivity index (χ4v) is 5.55. The number of aliphatic hydroxyl groups excluding tert-OH is 6. The molecule has 17 heteroatoms. The first-order valence-corrected chi connectivity index (χ1v) is 15.1. The van der Waals surface area contributed by atoms with Gasteiger partial charge in [-0.05, 0) is 24.3 Å². The van der Waals surface area contributed by atoms with Crippen LogP contribution in [0.15, 0.2) is 45.6 Å². The highest BCUT2D eigenvalue weighted by molar-refractivity contribution is 5.90. The maximum absolute atomic E-state index is 13.6. The summed E-state index contributed by atoms with van der Waals surface area (Å²) in [6.45, 7) is -0.209. The maximum Gasteiger partial charge on any atom is 0.302 e. The Labute approximate surface area is 278 Å². The van der Waals surface area contributed by atoms with Crippen LogP contribution in [0.4, 0.5) is 0 Å². The van der Waals surface area contributed by atoms with Gasteiger partial charge in [0.25, 0.3) is 0 Å². The zero-order valence-electron chi connectivity index (χ0n) is 26.8. The van der Waals surface area contributed by atoms with Crippen LogP contribution in [0.1, 0.15) is 6.92 Å². The second-order valence-corrected chi connectivity index (χ2v) is 11.3. The molecule has 2 fully saturated rings. The summed E-state index contributed by atoms with van der Waals surface area (Å²) in [5, 5.41) is 63.6. The zero-order chi connectivity index (χ0) is 35.6. The Morgan fingerprint density at radius 1 is 0.796 bits per heavy atom. The molecule has 0 amide bonds. The predicted octanol–water partition coefficient (Wildman–Crippen LogP) is -0.940. The van der Waals surface area contributed by atoms with Crippen molar-refractivity contribution in [1.82, 2.24) is 0 Å². The molecule has 5 rings (SSSR count). The number of aliphatic hydroxyl groups is 6. The number of rotatable bonds is 11. The lowest BCUT2D eigenvalue weighted by atomic mass is 9.97. The van der Waals surface area contributed by atoms with Crippen LogP contribution >= 0.6 is 0 Å². The third-order valence-corrected chi connectivity index (χ3v) is 8.16. The van der Waals surface area contributed by atoms with E-state index in [2.05, 4.69) is 0 Å². The molecule has 3 aromatic rings. The number of ether oxygens (including phenoxy) is 8. The Kier molecular flexibility index (Phi) is 11.3. The third kappa shape index (κ3) is 7.30. The quantitative estimate of drug-likeness (QED) is 0.133. The Morgan fingerprint density at radius 3 is 2.10 bits per heavy atom. The van der Waals surface area contributed by atoms with Gasteiger partial charge in [0.2, 0.25) is 12.0 Å². The smallest absolute Gasteiger partial charge is 0.302 e. The standard InChI is InChI=1S/C32H38O17/c1-13(34)44-12-21-23(36)25(38)26(39)31(47-21)49-30-24(37)20(11-33)46-32(27(30)40)48-29-22-16(35)9-17(14-5-7-15(41-2)8-6-14)45-18(22)10-19(42-3)28(29)43-4/h5-10,20-21,23-27,30-33,36-40H,11-12H2,1-4H3/t20-,21-,23-,24+,25+,26-,27-,30+,31+,32+/m1/s1. The van der Waals surface area contributed by atoms with Gasteiger partial charge in [-0.2, -0.15) is 0 Å². The van der Waals surface area contributed by atoms with E-state index in [0.717, 1.165) is 6.92 Å². The van der Waals surface area contributed by atoms with Gasteiger partial charge in [0, 0.05) is 24.6 Å². The van der Waals surface area contributed by atoms with Crippen LogP contribution in [-0.2, 0) is 23.7 Å². The Bertz CT molecular complexity index is 1660. The van der Waals surface area contributed by atoms with E-state index in [1.165, 1.54) is 33.5 Å². The minimum atomic E-state index is -1.92. The number of hydrogen-bond acceptors (Lipinski definition) is 17. The number of methoxy groups -OCH3 is 3. The van der Waals surface area contributed by atoms with E-state index < -0.39 is 86.0 Å². The van der Waals surface area contributed by atoms with E-state index in [-0.39, 0.29) is 34.0 Å². The van der Waals surface area contributed by atoms with Gasteiger partial charge in [-0.3, -0.25) is 9.59 Å². The van der Waals surface area contributed by atoms with Crippen LogP contribution in [0, 0.1) is 0 Å². The lowest BCUT2D eigenvalue weighted by Crippen LogP contribution is -2.65. The van der Waals surface area contributed by atoms with Crippen LogP contribution in [0.2, 0.25) is 0 Å². The molecule has 17 nitrogen and oxygen atoms in total. The van der Waals surface area contributed by atoms with Gasteiger partial charge in [-0.25, -0.2) is 0 Å². The van der Waals surface area contributed by atoms with Gasteiger partial charge in [0.15, 0.2) is 23.2 Å². The number of carbonyl (C=O) groups is 1. The van der Waals surface area contributed by atoms with Gasteiger partial charge in [-0.15, -0.1) is 0 Å². The molecule has 0 aliphatic carbocycles. The molecule has 0 saturated carbocycles. The van der Waals surface area contributed by atoms with Crippen molar-refractivity contribution >= 4 is 16.9 Å². The second kappa shape index (κ2) is 15.2. The molecule has 2 aliphatic rings. The Morgan fingerprint density at radius 2 is 1.49 bits per heavy atom. The summed E-state index contributed by atoms with van der Waals surface area (Å²) in [6, 6.07) is 9.40. The van der Waals surface area contributed by atoms with E-state index >= 15 is 0 Å². The van der Waals surface area contributed by atoms with Crippen LogP contribution in [-0.4, -0.2) is 133 Å². The number of carbonyl (C=O) groups excluding carboxylic acids is 1. The average molecular weight is 695 g/mol. The maximum atomic E-state index is 13.6. The van der Waals surface area contributed by atoms with Crippen molar-refractivity contribution in [3.8, 4) is 34.3 Å². The lowest BCUT2D eigenvalue weighted by Gasteiger charge is -2.46. The first kappa shape index (κ1) is 36.2. The molecule has 2 aromatic carbocycles. The largest absolute Gasteiger partial charge is 0.497 e. The molecule has 49 heavy (non-hydrogen) atoms. The van der Waals surface area contributed by atoms with Crippen LogP contribution < -0.4 is 24.4 Å². The van der Waals surface area contributed by atoms with E-state index in [1.54, 1.807) is 24.3 Å². The minimum Gasteiger partial charge on any atom is -0.497 e. The van der Waals surface area contributed by atoms with Crippen molar-refractivity contribution in [2.75, 3.05) is 34.5 Å². The monoisotopic (exact) mass is 694 g/mol. The topological polar surface area (TPSA) is 242 Å². The predicted molar refractivity (Wildman–Crippen MR) is 164 cm³/mol. The van der Waals surface area contributed by atoms with Crippen molar-refractivity contribution < 1.29 is 77.7 Å². The normalized spacial score (nSPS) is 30.1. The van der Waals surface area contributed by atoms with Gasteiger partial charge in [0.1, 0.15) is 77.9 Å². The summed E-state index contributed by atoms with van der Waals surface area (Å²) in [5.41, 5.74) is -0.0134. The first-order valence-electron chi connectivity index (χ1n) is 15.1. The molecule has 0 unspecified atom stereocenters. The van der Waals surface area contributed by atoms with E-state index in [0.29, 0.717) is 11.3 Å². The van der Waals surface area contributed by atoms with Gasteiger partial charge < -0.3 is 73.0 Å². The molecule has 268 valence electrons. The Balaban J connectivity index is 1.49. The molecule has 2 aliphatic heterocycles. The summed E-state index contributed by atoms with van der Waals surface area (Å²) in [7, 11) is 4.13. The van der Waals surface area contributed by atoms with Crippen LogP contribution in [0.3, 0.4) is 0 Å². The summed E-state index contributed by atoms with van der Waals surface area (Å²) >= 11 is 0. The number of fused-ring (bicyclic) bond motifs is 1.